The van der Waals surface area contributed by atoms with Crippen molar-refractivity contribution in [2.75, 3.05) is 17.2 Å². The molecule has 1 atom stereocenters. The fourth-order valence-electron chi connectivity index (χ4n) is 4.72. The fraction of sp³-hybridized carbons (Fsp3) is 0.161. The van der Waals surface area contributed by atoms with Gasteiger partial charge in [-0.25, -0.2) is 4.79 Å². The normalized spacial score (nSPS) is 14.5. The summed E-state index contributed by atoms with van der Waals surface area (Å²) in [5.41, 5.74) is 6.89. The lowest BCUT2D eigenvalue weighted by atomic mass is 9.85. The molecular formula is C31H27N3O2. The van der Waals surface area contributed by atoms with Gasteiger partial charge in [-0.1, -0.05) is 66.2 Å². The van der Waals surface area contributed by atoms with Crippen LogP contribution in [0.5, 0.6) is 5.75 Å². The van der Waals surface area contributed by atoms with E-state index in [4.69, 9.17) is 4.74 Å². The molecule has 0 saturated heterocycles. The summed E-state index contributed by atoms with van der Waals surface area (Å²) >= 11 is 0. The van der Waals surface area contributed by atoms with E-state index >= 15 is 0 Å². The van der Waals surface area contributed by atoms with Crippen molar-refractivity contribution in [1.82, 2.24) is 0 Å². The number of benzene rings is 4. The maximum atomic E-state index is 13.0. The second kappa shape index (κ2) is 10.4. The number of ether oxygens (including phenoxy) is 1. The Bertz CT molecular complexity index is 1420. The minimum Gasteiger partial charge on any atom is -0.491 e. The van der Waals surface area contributed by atoms with Gasteiger partial charge in [-0.3, -0.25) is 0 Å². The molecule has 1 aliphatic rings. The van der Waals surface area contributed by atoms with Crippen molar-refractivity contribution in [3.8, 4) is 22.9 Å². The number of fused-ring (bicyclic) bond motifs is 1. The zero-order valence-electron chi connectivity index (χ0n) is 20.1. The molecule has 178 valence electrons. The third kappa shape index (κ3) is 4.94. The summed E-state index contributed by atoms with van der Waals surface area (Å²) in [7, 11) is 0. The molecule has 1 heterocycles. The van der Waals surface area contributed by atoms with Crippen LogP contribution in [0.2, 0.25) is 0 Å². The molecule has 0 saturated carbocycles. The number of nitriles is 1. The molecule has 2 N–H and O–H groups in total. The zero-order valence-corrected chi connectivity index (χ0v) is 20.1. The lowest BCUT2D eigenvalue weighted by Gasteiger charge is -2.22. The first-order valence-electron chi connectivity index (χ1n) is 12.1. The number of hydrogen-bond acceptors (Lipinski definition) is 3. The Morgan fingerprint density at radius 1 is 0.944 bits per heavy atom. The van der Waals surface area contributed by atoms with Gasteiger partial charge in [-0.2, -0.15) is 5.26 Å². The van der Waals surface area contributed by atoms with Gasteiger partial charge in [-0.15, -0.1) is 0 Å². The number of anilines is 2. The van der Waals surface area contributed by atoms with Crippen LogP contribution in [0.4, 0.5) is 16.2 Å². The lowest BCUT2D eigenvalue weighted by Crippen LogP contribution is -2.20. The molecule has 0 aliphatic carbocycles. The first-order chi connectivity index (χ1) is 17.6. The summed E-state index contributed by atoms with van der Waals surface area (Å²) in [6.07, 6.45) is 1.82. The fourth-order valence-corrected chi connectivity index (χ4v) is 4.72. The third-order valence-electron chi connectivity index (χ3n) is 6.49. The smallest absolute Gasteiger partial charge is 0.323 e. The van der Waals surface area contributed by atoms with Crippen molar-refractivity contribution in [3.05, 3.63) is 113 Å². The Hall–Kier alpha value is -4.56. The molecule has 4 aromatic carbocycles. The van der Waals surface area contributed by atoms with Crippen molar-refractivity contribution in [2.45, 2.75) is 25.7 Å². The minimum absolute atomic E-state index is 0.110. The van der Waals surface area contributed by atoms with E-state index < -0.39 is 0 Å². The monoisotopic (exact) mass is 473 g/mol. The topological polar surface area (TPSA) is 74.2 Å². The zero-order chi connectivity index (χ0) is 24.9. The van der Waals surface area contributed by atoms with Gasteiger partial charge in [0.1, 0.15) is 5.75 Å². The number of nitrogens with zero attached hydrogens (tertiary/aromatic N) is 1. The average molecular weight is 474 g/mol. The van der Waals surface area contributed by atoms with E-state index in [2.05, 4.69) is 34.9 Å². The quantitative estimate of drug-likeness (QED) is 0.323. The molecule has 0 spiro atoms. The number of nitrogens with one attached hydrogen (secondary N) is 2. The molecular weight excluding hydrogens is 446 g/mol. The highest BCUT2D eigenvalue weighted by Gasteiger charge is 2.26. The molecule has 5 nitrogen and oxygen atoms in total. The summed E-state index contributed by atoms with van der Waals surface area (Å²) in [6.45, 7) is 2.57. The summed E-state index contributed by atoms with van der Waals surface area (Å²) in [5.74, 6) is 0.789. The number of rotatable bonds is 4. The summed E-state index contributed by atoms with van der Waals surface area (Å²) < 4.78 is 6.24. The van der Waals surface area contributed by atoms with Crippen LogP contribution in [0.1, 0.15) is 41.0 Å². The van der Waals surface area contributed by atoms with Crippen LogP contribution >= 0.6 is 0 Å². The van der Waals surface area contributed by atoms with E-state index in [-0.39, 0.29) is 11.9 Å². The molecule has 0 radical (unpaired) electrons. The van der Waals surface area contributed by atoms with Gasteiger partial charge >= 0.3 is 6.03 Å². The Morgan fingerprint density at radius 2 is 1.69 bits per heavy atom. The average Bonchev–Trinajstić information content (AvgIpc) is 3.13. The molecule has 2 amide bonds. The van der Waals surface area contributed by atoms with Crippen molar-refractivity contribution in [1.29, 1.82) is 5.26 Å². The maximum absolute atomic E-state index is 13.0. The van der Waals surface area contributed by atoms with Crippen LogP contribution in [-0.2, 0) is 0 Å². The predicted octanol–water partition coefficient (Wildman–Crippen LogP) is 7.48. The second-order valence-electron chi connectivity index (χ2n) is 9.00. The molecule has 4 aromatic rings. The second-order valence-corrected chi connectivity index (χ2v) is 9.00. The van der Waals surface area contributed by atoms with Gasteiger partial charge in [0.25, 0.3) is 0 Å². The summed E-state index contributed by atoms with van der Waals surface area (Å²) in [4.78, 5) is 13.0. The molecule has 5 heteroatoms. The number of urea groups is 1. The SMILES string of the molecule is Cc1ccc(NC(=O)Nc2cc(-c3ccccc3C#N)cc3c2OCCC[C@H]3c2ccccc2)cc1. The van der Waals surface area contributed by atoms with Crippen LogP contribution in [0.3, 0.4) is 0 Å². The van der Waals surface area contributed by atoms with Gasteiger partial charge in [0.05, 0.1) is 23.9 Å². The van der Waals surface area contributed by atoms with Crippen LogP contribution in [0.25, 0.3) is 11.1 Å². The van der Waals surface area contributed by atoms with Crippen molar-refractivity contribution in [2.24, 2.45) is 0 Å². The predicted molar refractivity (Wildman–Crippen MR) is 143 cm³/mol. The van der Waals surface area contributed by atoms with E-state index in [1.54, 1.807) is 0 Å². The Labute approximate surface area is 211 Å². The van der Waals surface area contributed by atoms with E-state index in [0.29, 0.717) is 29.3 Å². The maximum Gasteiger partial charge on any atom is 0.323 e. The Balaban J connectivity index is 1.60. The van der Waals surface area contributed by atoms with Gasteiger partial charge < -0.3 is 15.4 Å². The standard InChI is InChI=1S/C31H27N3O2/c1-21-13-15-25(16-14-21)33-31(35)34-29-19-24(26-11-6-5-10-23(26)20-32)18-28-27(12-7-17-36-30(28)29)22-8-3-2-4-9-22/h2-6,8-11,13-16,18-19,27H,7,12,17H2,1H3,(H2,33,34,35)/t27-/m0/s1. The lowest BCUT2D eigenvalue weighted by molar-refractivity contribution is 0.262. The van der Waals surface area contributed by atoms with Crippen molar-refractivity contribution < 1.29 is 9.53 Å². The van der Waals surface area contributed by atoms with Crippen LogP contribution in [0.15, 0.2) is 91.0 Å². The molecule has 0 bridgehead atoms. The Kier molecular flexibility index (Phi) is 6.68. The number of carbonyl (C=O) groups is 1. The van der Waals surface area contributed by atoms with E-state index in [9.17, 15) is 10.1 Å². The van der Waals surface area contributed by atoms with E-state index in [1.807, 2.05) is 79.7 Å². The molecule has 1 aliphatic heterocycles. The highest BCUT2D eigenvalue weighted by Crippen LogP contribution is 2.44. The number of hydrogen-bond donors (Lipinski definition) is 2. The first-order valence-corrected chi connectivity index (χ1v) is 12.1. The van der Waals surface area contributed by atoms with E-state index in [1.165, 1.54) is 5.56 Å². The highest BCUT2D eigenvalue weighted by atomic mass is 16.5. The molecule has 0 fully saturated rings. The van der Waals surface area contributed by atoms with Crippen molar-refractivity contribution in [3.63, 3.8) is 0 Å². The Morgan fingerprint density at radius 3 is 2.47 bits per heavy atom. The van der Waals surface area contributed by atoms with E-state index in [0.717, 1.165) is 35.1 Å². The molecule has 5 rings (SSSR count). The highest BCUT2D eigenvalue weighted by molar-refractivity contribution is 6.01. The van der Waals surface area contributed by atoms with Crippen molar-refractivity contribution >= 4 is 17.4 Å². The van der Waals surface area contributed by atoms with Gasteiger partial charge in [-0.05, 0) is 66.8 Å². The van der Waals surface area contributed by atoms with Crippen LogP contribution in [-0.4, -0.2) is 12.6 Å². The van der Waals surface area contributed by atoms with Gasteiger partial charge in [0.2, 0.25) is 0 Å². The summed E-state index contributed by atoms with van der Waals surface area (Å²) in [6, 6.07) is 31.5. The number of aryl methyl sites for hydroxylation is 1. The largest absolute Gasteiger partial charge is 0.491 e. The molecule has 36 heavy (non-hydrogen) atoms. The van der Waals surface area contributed by atoms with Gasteiger partial charge in [0.15, 0.2) is 0 Å². The first kappa shape index (κ1) is 23.2. The number of amides is 2. The summed E-state index contributed by atoms with van der Waals surface area (Å²) in [5, 5.41) is 15.7. The third-order valence-corrected chi connectivity index (χ3v) is 6.49. The van der Waals surface area contributed by atoms with Crippen LogP contribution < -0.4 is 15.4 Å². The van der Waals surface area contributed by atoms with Crippen LogP contribution in [0, 0.1) is 18.3 Å². The number of carbonyl (C=O) groups excluding carboxylic acids is 1. The van der Waals surface area contributed by atoms with Gasteiger partial charge in [0, 0.05) is 17.2 Å². The molecule has 0 unspecified atom stereocenters. The minimum atomic E-state index is -0.351. The molecule has 0 aromatic heterocycles.